The third kappa shape index (κ3) is 4.48. The minimum atomic E-state index is -0.501. The molecule has 0 bridgehead atoms. The van der Waals surface area contributed by atoms with E-state index in [0.717, 1.165) is 16.9 Å². The number of aromatic nitrogens is 2. The number of carbonyl (C=O) groups is 2. The number of Topliss-reactive ketones (excluding diaryl/α,β-unsaturated/α-hetero) is 1. The Balaban J connectivity index is 1.67. The summed E-state index contributed by atoms with van der Waals surface area (Å²) in [6.45, 7) is -0.362. The van der Waals surface area contributed by atoms with E-state index in [2.05, 4.69) is 4.98 Å². The number of thioether (sulfide) groups is 1. The SMILES string of the molecule is COc1ccc(C(=O)COC(=O)Cn2c(CSC)nc3ccccc32)cc1Cl. The number of methoxy groups -OCH3 is 1. The number of hydrogen-bond acceptors (Lipinski definition) is 6. The maximum atomic E-state index is 12.3. The number of rotatable bonds is 8. The van der Waals surface area contributed by atoms with E-state index in [9.17, 15) is 9.59 Å². The zero-order valence-electron chi connectivity index (χ0n) is 15.5. The van der Waals surface area contributed by atoms with Gasteiger partial charge in [-0.25, -0.2) is 4.98 Å². The standard InChI is InChI=1S/C20H19ClN2O4S/c1-26-18-8-7-13(9-14(18)21)17(24)11-27-20(25)10-23-16-6-4-3-5-15(16)22-19(23)12-28-2/h3-9H,10-12H2,1-2H3. The highest BCUT2D eigenvalue weighted by molar-refractivity contribution is 7.97. The fourth-order valence-corrected chi connectivity index (χ4v) is 3.52. The lowest BCUT2D eigenvalue weighted by molar-refractivity contribution is -0.143. The van der Waals surface area contributed by atoms with Crippen molar-refractivity contribution in [2.24, 2.45) is 0 Å². The first-order valence-corrected chi connectivity index (χ1v) is 10.3. The van der Waals surface area contributed by atoms with Crippen molar-refractivity contribution in [3.63, 3.8) is 0 Å². The number of imidazole rings is 1. The van der Waals surface area contributed by atoms with E-state index in [1.807, 2.05) is 35.1 Å². The summed E-state index contributed by atoms with van der Waals surface area (Å²) in [5.74, 6) is 1.10. The van der Waals surface area contributed by atoms with E-state index in [-0.39, 0.29) is 18.9 Å². The van der Waals surface area contributed by atoms with Gasteiger partial charge in [0.05, 0.1) is 28.9 Å². The molecule has 3 rings (SSSR count). The molecule has 0 atom stereocenters. The molecule has 146 valence electrons. The molecular formula is C20H19ClN2O4S. The van der Waals surface area contributed by atoms with Gasteiger partial charge < -0.3 is 14.0 Å². The molecule has 0 unspecified atom stereocenters. The summed E-state index contributed by atoms with van der Waals surface area (Å²) in [6, 6.07) is 12.3. The number of carbonyl (C=O) groups excluding carboxylic acids is 2. The third-order valence-corrected chi connectivity index (χ3v) is 4.97. The van der Waals surface area contributed by atoms with Gasteiger partial charge in [0.1, 0.15) is 18.1 Å². The number of ether oxygens (including phenoxy) is 2. The second kappa shape index (κ2) is 9.12. The summed E-state index contributed by atoms with van der Waals surface area (Å²) in [5, 5.41) is 0.325. The molecule has 0 saturated carbocycles. The first kappa shape index (κ1) is 20.2. The van der Waals surface area contributed by atoms with Crippen LogP contribution in [0.25, 0.3) is 11.0 Å². The van der Waals surface area contributed by atoms with Gasteiger partial charge in [-0.2, -0.15) is 11.8 Å². The van der Waals surface area contributed by atoms with E-state index in [1.165, 1.54) is 13.2 Å². The van der Waals surface area contributed by atoms with Crippen molar-refractivity contribution in [2.75, 3.05) is 20.0 Å². The largest absolute Gasteiger partial charge is 0.495 e. The fourth-order valence-electron chi connectivity index (χ4n) is 2.79. The fraction of sp³-hybridized carbons (Fsp3) is 0.250. The molecule has 28 heavy (non-hydrogen) atoms. The van der Waals surface area contributed by atoms with Gasteiger partial charge in [-0.3, -0.25) is 9.59 Å². The van der Waals surface area contributed by atoms with Crippen LogP contribution in [-0.4, -0.2) is 41.3 Å². The van der Waals surface area contributed by atoms with Crippen LogP contribution in [0.5, 0.6) is 5.75 Å². The minimum Gasteiger partial charge on any atom is -0.495 e. The maximum Gasteiger partial charge on any atom is 0.326 e. The average Bonchev–Trinajstić information content (AvgIpc) is 3.03. The van der Waals surface area contributed by atoms with Crippen LogP contribution in [0.3, 0.4) is 0 Å². The predicted molar refractivity (Wildman–Crippen MR) is 110 cm³/mol. The van der Waals surface area contributed by atoms with Crippen molar-refractivity contribution in [1.29, 1.82) is 0 Å². The van der Waals surface area contributed by atoms with Crippen LogP contribution in [0.2, 0.25) is 5.02 Å². The quantitative estimate of drug-likeness (QED) is 0.407. The van der Waals surface area contributed by atoms with Crippen LogP contribution >= 0.6 is 23.4 Å². The molecule has 8 heteroatoms. The zero-order valence-corrected chi connectivity index (χ0v) is 17.0. The van der Waals surface area contributed by atoms with Crippen LogP contribution < -0.4 is 4.74 Å². The summed E-state index contributed by atoms with van der Waals surface area (Å²) in [6.07, 6.45) is 1.97. The van der Waals surface area contributed by atoms with Crippen molar-refractivity contribution in [3.8, 4) is 5.75 Å². The van der Waals surface area contributed by atoms with Crippen LogP contribution in [0.4, 0.5) is 0 Å². The topological polar surface area (TPSA) is 70.4 Å². The lowest BCUT2D eigenvalue weighted by atomic mass is 10.1. The third-order valence-electron chi connectivity index (χ3n) is 4.13. The summed E-state index contributed by atoms with van der Waals surface area (Å²) >= 11 is 7.66. The number of esters is 1. The number of nitrogens with zero attached hydrogens (tertiary/aromatic N) is 2. The molecule has 0 spiro atoms. The highest BCUT2D eigenvalue weighted by Gasteiger charge is 2.16. The number of ketones is 1. The van der Waals surface area contributed by atoms with Crippen LogP contribution in [0, 0.1) is 0 Å². The van der Waals surface area contributed by atoms with Crippen molar-refractivity contribution in [2.45, 2.75) is 12.3 Å². The highest BCUT2D eigenvalue weighted by atomic mass is 35.5. The molecule has 0 aliphatic rings. The Morgan fingerprint density at radius 2 is 2.00 bits per heavy atom. The van der Waals surface area contributed by atoms with Crippen LogP contribution in [0.1, 0.15) is 16.2 Å². The Bertz CT molecular complexity index is 1020. The molecule has 0 aliphatic heterocycles. The molecule has 0 aliphatic carbocycles. The molecule has 2 aromatic carbocycles. The molecule has 1 heterocycles. The monoisotopic (exact) mass is 418 g/mol. The van der Waals surface area contributed by atoms with Gasteiger partial charge in [0.25, 0.3) is 0 Å². The van der Waals surface area contributed by atoms with Gasteiger partial charge in [0, 0.05) is 5.56 Å². The van der Waals surface area contributed by atoms with Crippen molar-refractivity contribution in [1.82, 2.24) is 9.55 Å². The van der Waals surface area contributed by atoms with Gasteiger partial charge in [-0.05, 0) is 36.6 Å². The molecule has 6 nitrogen and oxygen atoms in total. The van der Waals surface area contributed by atoms with Gasteiger partial charge in [0.2, 0.25) is 0 Å². The van der Waals surface area contributed by atoms with Crippen LogP contribution in [0.15, 0.2) is 42.5 Å². The van der Waals surface area contributed by atoms with E-state index in [0.29, 0.717) is 22.1 Å². The number of fused-ring (bicyclic) bond motifs is 1. The van der Waals surface area contributed by atoms with E-state index in [1.54, 1.807) is 23.9 Å². The Kier molecular flexibility index (Phi) is 6.59. The smallest absolute Gasteiger partial charge is 0.326 e. The van der Waals surface area contributed by atoms with E-state index < -0.39 is 5.97 Å². The molecule has 0 saturated heterocycles. The normalized spacial score (nSPS) is 10.8. The molecule has 0 fully saturated rings. The Hall–Kier alpha value is -2.51. The number of halogens is 1. The molecule has 3 aromatic rings. The Morgan fingerprint density at radius 1 is 1.21 bits per heavy atom. The van der Waals surface area contributed by atoms with E-state index >= 15 is 0 Å². The molecular weight excluding hydrogens is 400 g/mol. The summed E-state index contributed by atoms with van der Waals surface area (Å²) in [4.78, 5) is 29.2. The Labute approximate surface area is 171 Å². The second-order valence-electron chi connectivity index (χ2n) is 5.97. The number of hydrogen-bond donors (Lipinski definition) is 0. The van der Waals surface area contributed by atoms with Gasteiger partial charge in [-0.1, -0.05) is 23.7 Å². The van der Waals surface area contributed by atoms with Crippen molar-refractivity contribution >= 4 is 46.1 Å². The average molecular weight is 419 g/mol. The highest BCUT2D eigenvalue weighted by Crippen LogP contribution is 2.25. The first-order chi connectivity index (χ1) is 13.5. The molecule has 0 N–H and O–H groups in total. The minimum absolute atomic E-state index is 0.00689. The number of para-hydroxylation sites is 2. The number of benzene rings is 2. The van der Waals surface area contributed by atoms with Gasteiger partial charge in [0.15, 0.2) is 12.4 Å². The summed E-state index contributed by atoms with van der Waals surface area (Å²) in [5.41, 5.74) is 2.04. The summed E-state index contributed by atoms with van der Waals surface area (Å²) in [7, 11) is 1.50. The van der Waals surface area contributed by atoms with Gasteiger partial charge >= 0.3 is 5.97 Å². The van der Waals surface area contributed by atoms with Gasteiger partial charge in [-0.15, -0.1) is 0 Å². The van der Waals surface area contributed by atoms with Crippen LogP contribution in [-0.2, 0) is 21.8 Å². The summed E-state index contributed by atoms with van der Waals surface area (Å²) < 4.78 is 12.1. The van der Waals surface area contributed by atoms with E-state index in [4.69, 9.17) is 21.1 Å². The first-order valence-electron chi connectivity index (χ1n) is 8.49. The lowest BCUT2D eigenvalue weighted by Crippen LogP contribution is -2.19. The Morgan fingerprint density at radius 3 is 2.71 bits per heavy atom. The molecule has 0 radical (unpaired) electrons. The molecule has 0 amide bonds. The van der Waals surface area contributed by atoms with Crippen molar-refractivity contribution in [3.05, 3.63) is 58.9 Å². The predicted octanol–water partition coefficient (Wildman–Crippen LogP) is 3.99. The zero-order chi connectivity index (χ0) is 20.1. The molecule has 1 aromatic heterocycles. The maximum absolute atomic E-state index is 12.3. The van der Waals surface area contributed by atoms with Crippen molar-refractivity contribution < 1.29 is 19.1 Å². The lowest BCUT2D eigenvalue weighted by Gasteiger charge is -2.09. The second-order valence-corrected chi connectivity index (χ2v) is 7.24.